The average Bonchev–Trinajstić information content (AvgIpc) is 2.47. The van der Waals surface area contributed by atoms with Gasteiger partial charge < -0.3 is 5.21 Å². The zero-order chi connectivity index (χ0) is 16.9. The Kier molecular flexibility index (Phi) is 24.0. The summed E-state index contributed by atoms with van der Waals surface area (Å²) in [5.74, 6) is 0. The molecule has 0 spiro atoms. The Morgan fingerprint density at radius 3 is 0.864 bits per heavy atom. The molecule has 1 N–H and O–H groups in total. The van der Waals surface area contributed by atoms with Crippen molar-refractivity contribution in [1.82, 2.24) is 0 Å². The van der Waals surface area contributed by atoms with E-state index in [0.717, 1.165) is 0 Å². The molecule has 0 saturated carbocycles. The Morgan fingerprint density at radius 2 is 0.727 bits per heavy atom. The van der Waals surface area contributed by atoms with Crippen molar-refractivity contribution >= 4 is 0 Å². The molecule has 0 aromatic rings. The van der Waals surface area contributed by atoms with Crippen molar-refractivity contribution in [2.75, 3.05) is 0 Å². The lowest BCUT2D eigenvalue weighted by molar-refractivity contribution is -0.742. The lowest BCUT2D eigenvalue weighted by atomic mass is 10.0. The van der Waals surface area contributed by atoms with E-state index in [9.17, 15) is 0 Å². The van der Waals surface area contributed by atoms with Gasteiger partial charge in [-0.3, -0.25) is 0 Å². The summed E-state index contributed by atoms with van der Waals surface area (Å²) in [6.07, 6.45) is 23.4. The van der Waals surface area contributed by atoms with E-state index in [1.807, 2.05) is 0 Å². The summed E-state index contributed by atoms with van der Waals surface area (Å²) < 4.78 is 0. The molecule has 0 aliphatic carbocycles. The molecular weight excluding hydrogens is 278 g/mol. The molecule has 0 atom stereocenters. The topological polar surface area (TPSA) is 63.4 Å². The molecule has 4 nitrogen and oxygen atoms in total. The van der Waals surface area contributed by atoms with E-state index >= 15 is 0 Å². The number of rotatable bonds is 15. The van der Waals surface area contributed by atoms with Gasteiger partial charge in [0.25, 0.3) is 5.09 Å². The van der Waals surface area contributed by atoms with Gasteiger partial charge in [-0.1, -0.05) is 117 Å². The maximum Gasteiger partial charge on any atom is 0.291 e. The van der Waals surface area contributed by atoms with Crippen LogP contribution in [0.25, 0.3) is 0 Å². The first kappa shape index (κ1) is 23.5. The Hall–Kier alpha value is -0.800. The predicted octanol–water partition coefficient (Wildman–Crippen LogP) is 6.92. The summed E-state index contributed by atoms with van der Waals surface area (Å²) in [7, 11) is 0. The van der Waals surface area contributed by atoms with Crippen LogP contribution in [-0.2, 0) is 0 Å². The standard InChI is InChI=1S/C18H38.HNO3/c1-3-5-7-9-11-13-15-17-18-16-14-12-10-8-6-4-2;2-1(3)4/h3-18H2,1-2H3;(H,2,3,4). The molecule has 0 amide bonds. The van der Waals surface area contributed by atoms with E-state index in [1.165, 1.54) is 103 Å². The van der Waals surface area contributed by atoms with Gasteiger partial charge in [-0.2, -0.15) is 0 Å². The molecule has 0 unspecified atom stereocenters. The minimum atomic E-state index is -1.50. The van der Waals surface area contributed by atoms with Gasteiger partial charge in [0, 0.05) is 0 Å². The van der Waals surface area contributed by atoms with Gasteiger partial charge in [-0.15, -0.1) is 10.1 Å². The minimum Gasteiger partial charge on any atom is -0.328 e. The quantitative estimate of drug-likeness (QED) is 0.202. The maximum atomic E-state index is 8.36. The van der Waals surface area contributed by atoms with Crippen LogP contribution < -0.4 is 0 Å². The number of nitrogens with zero attached hydrogens (tertiary/aromatic N) is 1. The highest BCUT2D eigenvalue weighted by Crippen LogP contribution is 2.13. The summed E-state index contributed by atoms with van der Waals surface area (Å²) in [6, 6.07) is 0. The summed E-state index contributed by atoms with van der Waals surface area (Å²) in [5, 5.41) is 13.6. The highest BCUT2D eigenvalue weighted by atomic mass is 16.9. The smallest absolute Gasteiger partial charge is 0.291 e. The van der Waals surface area contributed by atoms with Crippen molar-refractivity contribution in [2.24, 2.45) is 0 Å². The molecule has 0 aromatic carbocycles. The van der Waals surface area contributed by atoms with Crippen LogP contribution in [-0.4, -0.2) is 10.3 Å². The molecule has 0 rings (SSSR count). The number of hydrogen-bond acceptors (Lipinski definition) is 2. The second-order valence-corrected chi connectivity index (χ2v) is 6.19. The van der Waals surface area contributed by atoms with Gasteiger partial charge in [0.15, 0.2) is 0 Å². The fraction of sp³-hybridized carbons (Fsp3) is 1.00. The zero-order valence-corrected chi connectivity index (χ0v) is 15.0. The third-order valence-electron chi connectivity index (χ3n) is 3.96. The second-order valence-electron chi connectivity index (χ2n) is 6.19. The third-order valence-corrected chi connectivity index (χ3v) is 3.96. The normalized spacial score (nSPS) is 10.1. The molecular formula is C18H39NO3. The van der Waals surface area contributed by atoms with Crippen LogP contribution >= 0.6 is 0 Å². The molecule has 0 radical (unpaired) electrons. The van der Waals surface area contributed by atoms with Crippen LogP contribution in [0.3, 0.4) is 0 Å². The van der Waals surface area contributed by atoms with E-state index in [0.29, 0.717) is 0 Å². The van der Waals surface area contributed by atoms with Gasteiger partial charge in [0.05, 0.1) is 0 Å². The van der Waals surface area contributed by atoms with Gasteiger partial charge in [-0.25, -0.2) is 0 Å². The van der Waals surface area contributed by atoms with Crippen molar-refractivity contribution in [3.05, 3.63) is 10.1 Å². The van der Waals surface area contributed by atoms with Gasteiger partial charge >= 0.3 is 0 Å². The molecule has 22 heavy (non-hydrogen) atoms. The van der Waals surface area contributed by atoms with Crippen LogP contribution in [0.4, 0.5) is 0 Å². The molecule has 0 fully saturated rings. The lowest BCUT2D eigenvalue weighted by Crippen LogP contribution is -1.83. The molecule has 0 aliphatic heterocycles. The summed E-state index contributed by atoms with van der Waals surface area (Å²) in [6.45, 7) is 4.59. The largest absolute Gasteiger partial charge is 0.328 e. The molecule has 134 valence electrons. The fourth-order valence-electron chi connectivity index (χ4n) is 2.62. The number of hydrogen-bond donors (Lipinski definition) is 1. The molecule has 0 bridgehead atoms. The maximum absolute atomic E-state index is 8.36. The van der Waals surface area contributed by atoms with E-state index < -0.39 is 5.09 Å². The molecule has 0 heterocycles. The minimum absolute atomic E-state index is 1.37. The fourth-order valence-corrected chi connectivity index (χ4v) is 2.62. The number of unbranched alkanes of at least 4 members (excludes halogenated alkanes) is 15. The Balaban J connectivity index is 0. The monoisotopic (exact) mass is 317 g/mol. The summed E-state index contributed by atoms with van der Waals surface area (Å²) in [5.41, 5.74) is 0. The van der Waals surface area contributed by atoms with Crippen LogP contribution in [0.5, 0.6) is 0 Å². The zero-order valence-electron chi connectivity index (χ0n) is 15.0. The highest BCUT2D eigenvalue weighted by Gasteiger charge is 1.93. The highest BCUT2D eigenvalue weighted by molar-refractivity contribution is 4.49. The first-order chi connectivity index (χ1) is 10.6. The van der Waals surface area contributed by atoms with E-state index in [4.69, 9.17) is 15.3 Å². The van der Waals surface area contributed by atoms with E-state index in [1.54, 1.807) is 0 Å². The van der Waals surface area contributed by atoms with Crippen LogP contribution in [0.15, 0.2) is 0 Å². The molecule has 0 aliphatic rings. The molecule has 0 saturated heterocycles. The van der Waals surface area contributed by atoms with Gasteiger partial charge in [0.1, 0.15) is 0 Å². The summed E-state index contributed by atoms with van der Waals surface area (Å²) in [4.78, 5) is 8.36. The van der Waals surface area contributed by atoms with Crippen molar-refractivity contribution in [3.63, 3.8) is 0 Å². The Labute approximate surface area is 137 Å². The lowest BCUT2D eigenvalue weighted by Gasteiger charge is -2.03. The van der Waals surface area contributed by atoms with Gasteiger partial charge in [-0.05, 0) is 0 Å². The SMILES string of the molecule is CCCCCCCCCCCCCCCCCC.O=[N+]([O-])O. The first-order valence-corrected chi connectivity index (χ1v) is 9.48. The third kappa shape index (κ3) is 31.5. The predicted molar refractivity (Wildman–Crippen MR) is 94.0 cm³/mol. The summed E-state index contributed by atoms with van der Waals surface area (Å²) >= 11 is 0. The van der Waals surface area contributed by atoms with Crippen molar-refractivity contribution in [2.45, 2.75) is 117 Å². The van der Waals surface area contributed by atoms with Crippen LogP contribution in [0, 0.1) is 10.1 Å². The van der Waals surface area contributed by atoms with E-state index in [-0.39, 0.29) is 0 Å². The second kappa shape index (κ2) is 22.5. The van der Waals surface area contributed by atoms with Crippen molar-refractivity contribution < 1.29 is 10.3 Å². The van der Waals surface area contributed by atoms with Crippen molar-refractivity contribution in [1.29, 1.82) is 0 Å². The first-order valence-electron chi connectivity index (χ1n) is 9.48. The Bertz CT molecular complexity index is 191. The van der Waals surface area contributed by atoms with Gasteiger partial charge in [0.2, 0.25) is 0 Å². The van der Waals surface area contributed by atoms with Crippen LogP contribution in [0.2, 0.25) is 0 Å². The average molecular weight is 318 g/mol. The van der Waals surface area contributed by atoms with Crippen molar-refractivity contribution in [3.8, 4) is 0 Å². The molecule has 4 heteroatoms. The van der Waals surface area contributed by atoms with E-state index in [2.05, 4.69) is 13.8 Å². The Morgan fingerprint density at radius 1 is 0.591 bits per heavy atom. The van der Waals surface area contributed by atoms with Crippen LogP contribution in [0.1, 0.15) is 117 Å². The molecule has 0 aromatic heterocycles.